The zero-order valence-electron chi connectivity index (χ0n) is 21.3. The smallest absolute Gasteiger partial charge is 0.261 e. The van der Waals surface area contributed by atoms with Gasteiger partial charge in [0.1, 0.15) is 0 Å². The molecule has 0 fully saturated rings. The van der Waals surface area contributed by atoms with Gasteiger partial charge in [-0.25, -0.2) is 0 Å². The highest BCUT2D eigenvalue weighted by Gasteiger charge is 2.66. The largest absolute Gasteiger partial charge is 0.408 e. The van der Waals surface area contributed by atoms with Crippen LogP contribution < -0.4 is 20.7 Å². The van der Waals surface area contributed by atoms with Crippen LogP contribution in [0.5, 0.6) is 0 Å². The second-order valence-corrected chi connectivity index (χ2v) is 17.9. The van der Waals surface area contributed by atoms with E-state index in [-0.39, 0.29) is 4.66 Å². The van der Waals surface area contributed by atoms with Crippen molar-refractivity contribution in [2.24, 2.45) is 0 Å². The summed E-state index contributed by atoms with van der Waals surface area (Å²) in [4.78, 5) is 0. The summed E-state index contributed by atoms with van der Waals surface area (Å²) >= 11 is 0. The van der Waals surface area contributed by atoms with E-state index in [1.165, 1.54) is 20.7 Å². The van der Waals surface area contributed by atoms with E-state index < -0.39 is 16.6 Å². The first-order valence-corrected chi connectivity index (χ1v) is 16.4. The Labute approximate surface area is 212 Å². The molecule has 4 rings (SSSR count). The summed E-state index contributed by atoms with van der Waals surface area (Å²) in [6, 6.07) is 43.6. The maximum atomic E-state index is 7.16. The molecular weight excluding hydrogens is 461 g/mol. The second kappa shape index (κ2) is 10.9. The van der Waals surface area contributed by atoms with Crippen molar-refractivity contribution in [3.63, 3.8) is 0 Å². The Morgan fingerprint density at radius 2 is 0.686 bits per heavy atom. The first-order chi connectivity index (χ1) is 17.0. The lowest BCUT2D eigenvalue weighted by Gasteiger charge is -2.54. The number of hydrogen-bond donors (Lipinski definition) is 0. The Kier molecular flexibility index (Phi) is 7.87. The van der Waals surface area contributed by atoms with E-state index >= 15 is 0 Å². The SMILES string of the molecule is CCO[Si](c1ccccc1)(c1ccccc1)C(C)(C)[Si](OCC)(c1ccccc1)c1ccccc1. The Hall–Kier alpha value is -2.77. The van der Waals surface area contributed by atoms with Gasteiger partial charge >= 0.3 is 0 Å². The van der Waals surface area contributed by atoms with Crippen LogP contribution in [0, 0.1) is 0 Å². The fourth-order valence-corrected chi connectivity index (χ4v) is 18.4. The number of hydrogen-bond acceptors (Lipinski definition) is 2. The second-order valence-electron chi connectivity index (χ2n) is 9.32. The van der Waals surface area contributed by atoms with E-state index in [9.17, 15) is 0 Å². The monoisotopic (exact) mass is 496 g/mol. The van der Waals surface area contributed by atoms with Gasteiger partial charge in [0.15, 0.2) is 0 Å². The molecule has 180 valence electrons. The normalized spacial score (nSPS) is 12.5. The molecule has 4 heteroatoms. The van der Waals surface area contributed by atoms with Crippen LogP contribution in [-0.4, -0.2) is 29.8 Å². The molecule has 4 aromatic rings. The van der Waals surface area contributed by atoms with Crippen LogP contribution in [0.3, 0.4) is 0 Å². The van der Waals surface area contributed by atoms with Crippen molar-refractivity contribution in [1.82, 2.24) is 0 Å². The van der Waals surface area contributed by atoms with E-state index in [1.54, 1.807) is 0 Å². The van der Waals surface area contributed by atoms with Gasteiger partial charge in [0.25, 0.3) is 16.6 Å². The summed E-state index contributed by atoms with van der Waals surface area (Å²) in [5.74, 6) is 0. The number of rotatable bonds is 10. The molecule has 2 nitrogen and oxygen atoms in total. The summed E-state index contributed by atoms with van der Waals surface area (Å²) in [6.07, 6.45) is 0. The summed E-state index contributed by atoms with van der Waals surface area (Å²) in [6.45, 7) is 10.4. The zero-order valence-corrected chi connectivity index (χ0v) is 23.3. The summed E-state index contributed by atoms with van der Waals surface area (Å²) in [5.41, 5.74) is 0. The van der Waals surface area contributed by atoms with Crippen molar-refractivity contribution in [2.75, 3.05) is 13.2 Å². The summed E-state index contributed by atoms with van der Waals surface area (Å²) in [7, 11) is -5.75. The lowest BCUT2D eigenvalue weighted by Crippen LogP contribution is -2.80. The maximum Gasteiger partial charge on any atom is 0.261 e. The maximum absolute atomic E-state index is 7.16. The van der Waals surface area contributed by atoms with E-state index in [4.69, 9.17) is 8.85 Å². The van der Waals surface area contributed by atoms with Crippen molar-refractivity contribution in [3.05, 3.63) is 121 Å². The van der Waals surface area contributed by atoms with Crippen molar-refractivity contribution in [3.8, 4) is 0 Å². The predicted octanol–water partition coefficient (Wildman–Crippen LogP) is 4.90. The molecule has 0 aromatic heterocycles. The van der Waals surface area contributed by atoms with Crippen LogP contribution in [0.4, 0.5) is 0 Å². The fraction of sp³-hybridized carbons (Fsp3) is 0.226. The minimum atomic E-state index is -2.88. The lowest BCUT2D eigenvalue weighted by atomic mass is 10.4. The van der Waals surface area contributed by atoms with Crippen LogP contribution in [0.1, 0.15) is 27.7 Å². The molecule has 0 spiro atoms. The third-order valence-electron chi connectivity index (χ3n) is 7.20. The van der Waals surface area contributed by atoms with Gasteiger partial charge in [-0.05, 0) is 34.6 Å². The molecule has 0 aliphatic heterocycles. The van der Waals surface area contributed by atoms with Crippen molar-refractivity contribution >= 4 is 37.4 Å². The molecule has 35 heavy (non-hydrogen) atoms. The average Bonchev–Trinajstić information content (AvgIpc) is 2.92. The van der Waals surface area contributed by atoms with Gasteiger partial charge in [0.05, 0.1) is 0 Å². The van der Waals surface area contributed by atoms with Gasteiger partial charge in [-0.2, -0.15) is 0 Å². The van der Waals surface area contributed by atoms with Gasteiger partial charge in [0.2, 0.25) is 0 Å². The lowest BCUT2D eigenvalue weighted by molar-refractivity contribution is 0.300. The Bertz CT molecular complexity index is 1010. The highest BCUT2D eigenvalue weighted by Crippen LogP contribution is 2.46. The Morgan fingerprint density at radius 3 is 0.886 bits per heavy atom. The van der Waals surface area contributed by atoms with Gasteiger partial charge < -0.3 is 8.85 Å². The fourth-order valence-electron chi connectivity index (χ4n) is 5.84. The molecule has 0 bridgehead atoms. The van der Waals surface area contributed by atoms with E-state index in [1.807, 2.05) is 0 Å². The van der Waals surface area contributed by atoms with E-state index in [2.05, 4.69) is 149 Å². The van der Waals surface area contributed by atoms with Gasteiger partial charge in [0, 0.05) is 17.9 Å². The minimum Gasteiger partial charge on any atom is -0.408 e. The molecule has 0 N–H and O–H groups in total. The third kappa shape index (κ3) is 4.25. The van der Waals surface area contributed by atoms with Crippen LogP contribution in [0.15, 0.2) is 121 Å². The first-order valence-electron chi connectivity index (χ1n) is 12.5. The van der Waals surface area contributed by atoms with Gasteiger partial charge in [-0.1, -0.05) is 135 Å². The third-order valence-corrected chi connectivity index (χ3v) is 18.9. The van der Waals surface area contributed by atoms with Crippen molar-refractivity contribution in [1.29, 1.82) is 0 Å². The van der Waals surface area contributed by atoms with Crippen LogP contribution in [0.2, 0.25) is 4.66 Å². The molecule has 0 radical (unpaired) electrons. The molecule has 0 aliphatic rings. The van der Waals surface area contributed by atoms with Crippen LogP contribution in [0.25, 0.3) is 0 Å². The standard InChI is InChI=1S/C31H36O2Si2/c1-5-32-34(27-19-11-7-12-20-27,28-21-13-8-14-22-28)31(3,4)35(33-6-2,29-23-15-9-16-24-29)30-25-17-10-18-26-30/h7-26H,5-6H2,1-4H3. The molecule has 0 saturated heterocycles. The van der Waals surface area contributed by atoms with Crippen molar-refractivity contribution in [2.45, 2.75) is 32.4 Å². The predicted molar refractivity (Wildman–Crippen MR) is 153 cm³/mol. The Morgan fingerprint density at radius 1 is 0.457 bits per heavy atom. The Balaban J connectivity index is 2.15. The average molecular weight is 497 g/mol. The van der Waals surface area contributed by atoms with E-state index in [0.29, 0.717) is 13.2 Å². The molecule has 0 atom stereocenters. The highest BCUT2D eigenvalue weighted by atomic mass is 28.4. The molecule has 0 unspecified atom stereocenters. The number of benzene rings is 4. The molecule has 0 heterocycles. The molecule has 0 amide bonds. The molecule has 0 aliphatic carbocycles. The molecule has 4 aromatic carbocycles. The van der Waals surface area contributed by atoms with Crippen molar-refractivity contribution < 1.29 is 8.85 Å². The summed E-state index contributed by atoms with van der Waals surface area (Å²) < 4.78 is 14.0. The summed E-state index contributed by atoms with van der Waals surface area (Å²) in [5, 5.41) is 5.12. The zero-order chi connectivity index (χ0) is 24.8. The topological polar surface area (TPSA) is 18.5 Å². The van der Waals surface area contributed by atoms with E-state index in [0.717, 1.165) is 0 Å². The van der Waals surface area contributed by atoms with Gasteiger partial charge in [-0.15, -0.1) is 0 Å². The highest BCUT2D eigenvalue weighted by molar-refractivity contribution is 7.16. The minimum absolute atomic E-state index is 0.322. The quantitative estimate of drug-likeness (QED) is 0.291. The molecular formula is C31H36O2Si2. The van der Waals surface area contributed by atoms with Gasteiger partial charge in [-0.3, -0.25) is 0 Å². The molecule has 0 saturated carbocycles. The first kappa shape index (κ1) is 25.3. The van der Waals surface area contributed by atoms with Crippen LogP contribution in [-0.2, 0) is 8.85 Å². The van der Waals surface area contributed by atoms with Crippen LogP contribution >= 0.6 is 0 Å².